The van der Waals surface area contributed by atoms with Crippen molar-refractivity contribution in [2.45, 2.75) is 18.8 Å². The van der Waals surface area contributed by atoms with Crippen LogP contribution in [0, 0.1) is 0 Å². The predicted molar refractivity (Wildman–Crippen MR) is 79.0 cm³/mol. The lowest BCUT2D eigenvalue weighted by molar-refractivity contribution is 0.439. The maximum atomic E-state index is 4.64. The topological polar surface area (TPSA) is 42.7 Å². The Balaban J connectivity index is 2.00. The second-order valence-electron chi connectivity index (χ2n) is 4.91. The molecular formula is C14H17BrN4. The number of hydrogen-bond donors (Lipinski definition) is 1. The van der Waals surface area contributed by atoms with E-state index in [4.69, 9.17) is 0 Å². The average molecular weight is 321 g/mol. The lowest BCUT2D eigenvalue weighted by atomic mass is 9.94. The van der Waals surface area contributed by atoms with Gasteiger partial charge in [-0.3, -0.25) is 9.67 Å². The zero-order valence-electron chi connectivity index (χ0n) is 10.9. The number of hydrogen-bond acceptors (Lipinski definition) is 3. The third-order valence-electron chi connectivity index (χ3n) is 3.66. The number of rotatable bonds is 2. The normalized spacial score (nSPS) is 16.7. The Morgan fingerprint density at radius 1 is 1.32 bits per heavy atom. The molecule has 0 spiro atoms. The Morgan fingerprint density at radius 2 is 2.11 bits per heavy atom. The van der Waals surface area contributed by atoms with Crippen molar-refractivity contribution in [2.75, 3.05) is 13.1 Å². The van der Waals surface area contributed by atoms with Gasteiger partial charge in [0.05, 0.1) is 15.9 Å². The molecule has 0 atom stereocenters. The van der Waals surface area contributed by atoms with Crippen LogP contribution in [0.4, 0.5) is 0 Å². The molecule has 19 heavy (non-hydrogen) atoms. The minimum atomic E-state index is 0.575. The lowest BCUT2D eigenvalue weighted by Gasteiger charge is -2.23. The van der Waals surface area contributed by atoms with Crippen molar-refractivity contribution in [3.05, 3.63) is 34.6 Å². The summed E-state index contributed by atoms with van der Waals surface area (Å²) in [4.78, 5) is 4.39. The highest BCUT2D eigenvalue weighted by atomic mass is 79.9. The molecule has 3 rings (SSSR count). The molecule has 1 saturated heterocycles. The summed E-state index contributed by atoms with van der Waals surface area (Å²) >= 11 is 3.73. The number of aryl methyl sites for hydroxylation is 1. The van der Waals surface area contributed by atoms with Crippen LogP contribution in [0.25, 0.3) is 11.4 Å². The van der Waals surface area contributed by atoms with E-state index in [9.17, 15) is 0 Å². The number of nitrogens with zero attached hydrogens (tertiary/aromatic N) is 3. The van der Waals surface area contributed by atoms with E-state index in [1.165, 1.54) is 18.5 Å². The Morgan fingerprint density at radius 3 is 2.79 bits per heavy atom. The van der Waals surface area contributed by atoms with Crippen LogP contribution in [0.5, 0.6) is 0 Å². The minimum absolute atomic E-state index is 0.575. The van der Waals surface area contributed by atoms with Gasteiger partial charge in [-0.05, 0) is 54.0 Å². The molecule has 100 valence electrons. The molecule has 3 heterocycles. The van der Waals surface area contributed by atoms with Gasteiger partial charge >= 0.3 is 0 Å². The van der Waals surface area contributed by atoms with Crippen molar-refractivity contribution in [1.82, 2.24) is 20.1 Å². The first-order chi connectivity index (χ1) is 9.27. The highest BCUT2D eigenvalue weighted by Crippen LogP contribution is 2.36. The number of aromatic nitrogens is 3. The van der Waals surface area contributed by atoms with Crippen molar-refractivity contribution >= 4 is 15.9 Å². The first-order valence-corrected chi connectivity index (χ1v) is 7.41. The summed E-state index contributed by atoms with van der Waals surface area (Å²) in [7, 11) is 2.02. The summed E-state index contributed by atoms with van der Waals surface area (Å²) in [5, 5.41) is 8.05. The maximum absolute atomic E-state index is 4.64. The van der Waals surface area contributed by atoms with Gasteiger partial charge in [0.2, 0.25) is 0 Å². The summed E-state index contributed by atoms with van der Waals surface area (Å²) < 4.78 is 3.10. The molecule has 0 bridgehead atoms. The summed E-state index contributed by atoms with van der Waals surface area (Å²) in [5.41, 5.74) is 3.16. The third kappa shape index (κ3) is 2.44. The summed E-state index contributed by atoms with van der Waals surface area (Å²) in [6, 6.07) is 5.92. The Labute approximate surface area is 121 Å². The molecule has 0 radical (unpaired) electrons. The summed E-state index contributed by atoms with van der Waals surface area (Å²) in [6.07, 6.45) is 4.14. The number of nitrogens with one attached hydrogen (secondary N) is 1. The second-order valence-corrected chi connectivity index (χ2v) is 5.70. The van der Waals surface area contributed by atoms with Crippen LogP contribution < -0.4 is 5.32 Å². The summed E-state index contributed by atoms with van der Waals surface area (Å²) in [5.74, 6) is 0.575. The third-order valence-corrected chi connectivity index (χ3v) is 4.45. The molecule has 2 aromatic rings. The SMILES string of the molecule is Cn1nc(-c2ccccn2)c(Br)c1C1CCNCC1. The van der Waals surface area contributed by atoms with E-state index in [2.05, 4.69) is 31.3 Å². The highest BCUT2D eigenvalue weighted by Gasteiger charge is 2.24. The molecule has 0 aliphatic carbocycles. The molecule has 0 amide bonds. The van der Waals surface area contributed by atoms with Crippen molar-refractivity contribution in [3.8, 4) is 11.4 Å². The van der Waals surface area contributed by atoms with Crippen molar-refractivity contribution in [3.63, 3.8) is 0 Å². The number of halogens is 1. The minimum Gasteiger partial charge on any atom is -0.317 e. The van der Waals surface area contributed by atoms with Gasteiger partial charge in [-0.15, -0.1) is 0 Å². The zero-order valence-corrected chi connectivity index (χ0v) is 12.5. The molecular weight excluding hydrogens is 304 g/mol. The molecule has 0 saturated carbocycles. The van der Waals surface area contributed by atoms with Gasteiger partial charge in [-0.1, -0.05) is 6.07 Å². The molecule has 1 N–H and O–H groups in total. The fraction of sp³-hybridized carbons (Fsp3) is 0.429. The van der Waals surface area contributed by atoms with Gasteiger partial charge in [0, 0.05) is 19.2 Å². The van der Waals surface area contributed by atoms with Gasteiger partial charge in [0.1, 0.15) is 5.69 Å². The fourth-order valence-corrected chi connectivity index (χ4v) is 3.58. The molecule has 1 aliphatic heterocycles. The molecule has 1 fully saturated rings. The molecule has 1 aliphatic rings. The van der Waals surface area contributed by atoms with Crippen molar-refractivity contribution in [1.29, 1.82) is 0 Å². The van der Waals surface area contributed by atoms with E-state index < -0.39 is 0 Å². The second kappa shape index (κ2) is 5.43. The smallest absolute Gasteiger partial charge is 0.125 e. The molecule has 0 aromatic carbocycles. The zero-order chi connectivity index (χ0) is 13.2. The number of piperidine rings is 1. The predicted octanol–water partition coefficient (Wildman–Crippen LogP) is 2.71. The maximum Gasteiger partial charge on any atom is 0.125 e. The van der Waals surface area contributed by atoms with E-state index >= 15 is 0 Å². The Bertz CT molecular complexity index is 558. The Hall–Kier alpha value is -1.20. The van der Waals surface area contributed by atoms with E-state index in [1.807, 2.05) is 29.9 Å². The van der Waals surface area contributed by atoms with E-state index in [1.54, 1.807) is 6.20 Å². The van der Waals surface area contributed by atoms with E-state index in [0.29, 0.717) is 5.92 Å². The Kier molecular flexibility index (Phi) is 3.66. The standard InChI is InChI=1S/C14H17BrN4/c1-19-14(10-5-8-16-9-6-10)12(15)13(18-19)11-4-2-3-7-17-11/h2-4,7,10,16H,5-6,8-9H2,1H3. The van der Waals surface area contributed by atoms with Crippen LogP contribution in [0.3, 0.4) is 0 Å². The average Bonchev–Trinajstić information content (AvgIpc) is 2.76. The van der Waals surface area contributed by atoms with Gasteiger partial charge in [0.15, 0.2) is 0 Å². The van der Waals surface area contributed by atoms with Crippen molar-refractivity contribution in [2.24, 2.45) is 7.05 Å². The van der Waals surface area contributed by atoms with Crippen LogP contribution in [-0.2, 0) is 7.05 Å². The van der Waals surface area contributed by atoms with Crippen LogP contribution >= 0.6 is 15.9 Å². The lowest BCUT2D eigenvalue weighted by Crippen LogP contribution is -2.27. The van der Waals surface area contributed by atoms with Crippen molar-refractivity contribution < 1.29 is 0 Å². The fourth-order valence-electron chi connectivity index (χ4n) is 2.72. The van der Waals surface area contributed by atoms with Gasteiger partial charge in [-0.2, -0.15) is 5.10 Å². The number of pyridine rings is 1. The van der Waals surface area contributed by atoms with Gasteiger partial charge < -0.3 is 5.32 Å². The molecule has 0 unspecified atom stereocenters. The summed E-state index contributed by atoms with van der Waals surface area (Å²) in [6.45, 7) is 2.17. The highest BCUT2D eigenvalue weighted by molar-refractivity contribution is 9.10. The first-order valence-electron chi connectivity index (χ1n) is 6.62. The van der Waals surface area contributed by atoms with Crippen LogP contribution in [-0.4, -0.2) is 27.9 Å². The molecule has 5 heteroatoms. The van der Waals surface area contributed by atoms with Crippen LogP contribution in [0.1, 0.15) is 24.5 Å². The largest absolute Gasteiger partial charge is 0.317 e. The monoisotopic (exact) mass is 320 g/mol. The molecule has 4 nitrogen and oxygen atoms in total. The van der Waals surface area contributed by atoms with Gasteiger partial charge in [-0.25, -0.2) is 0 Å². The van der Waals surface area contributed by atoms with Crippen LogP contribution in [0.2, 0.25) is 0 Å². The van der Waals surface area contributed by atoms with Crippen LogP contribution in [0.15, 0.2) is 28.9 Å². The molecule has 2 aromatic heterocycles. The first kappa shape index (κ1) is 12.8. The van der Waals surface area contributed by atoms with E-state index in [0.717, 1.165) is 29.0 Å². The van der Waals surface area contributed by atoms with E-state index in [-0.39, 0.29) is 0 Å². The van der Waals surface area contributed by atoms with Gasteiger partial charge in [0.25, 0.3) is 0 Å². The quantitative estimate of drug-likeness (QED) is 0.925.